The number of amides is 2. The van der Waals surface area contributed by atoms with Crippen LogP contribution in [0.25, 0.3) is 0 Å². The van der Waals surface area contributed by atoms with Crippen LogP contribution in [0.3, 0.4) is 0 Å². The van der Waals surface area contributed by atoms with Gasteiger partial charge in [0.2, 0.25) is 11.8 Å². The Labute approximate surface area is 164 Å². The predicted molar refractivity (Wildman–Crippen MR) is 108 cm³/mol. The maximum atomic E-state index is 12.8. The molecule has 0 aliphatic carbocycles. The first kappa shape index (κ1) is 20.8. The van der Waals surface area contributed by atoms with E-state index in [1.165, 1.54) is 11.3 Å². The molecule has 0 radical (unpaired) electrons. The minimum atomic E-state index is -0.702. The summed E-state index contributed by atoms with van der Waals surface area (Å²) < 4.78 is 0. The van der Waals surface area contributed by atoms with E-state index in [1.54, 1.807) is 11.0 Å². The van der Waals surface area contributed by atoms with E-state index < -0.39 is 6.04 Å². The lowest BCUT2D eigenvalue weighted by Crippen LogP contribution is -2.42. The van der Waals surface area contributed by atoms with Gasteiger partial charge in [-0.3, -0.25) is 14.4 Å². The second kappa shape index (κ2) is 10.6. The van der Waals surface area contributed by atoms with Gasteiger partial charge in [-0.25, -0.2) is 0 Å². The van der Waals surface area contributed by atoms with Gasteiger partial charge in [-0.15, -0.1) is 11.3 Å². The molecule has 144 valence electrons. The maximum absolute atomic E-state index is 12.8. The van der Waals surface area contributed by atoms with Gasteiger partial charge in [0.1, 0.15) is 6.04 Å². The number of nitrogens with one attached hydrogen (secondary N) is 1. The lowest BCUT2D eigenvalue weighted by Gasteiger charge is -2.26. The fourth-order valence-electron chi connectivity index (χ4n) is 2.85. The molecule has 2 rings (SSSR count). The first-order valence-corrected chi connectivity index (χ1v) is 10.1. The van der Waals surface area contributed by atoms with Crippen molar-refractivity contribution in [1.82, 2.24) is 10.2 Å². The molecule has 0 spiro atoms. The van der Waals surface area contributed by atoms with E-state index in [9.17, 15) is 14.4 Å². The third-order valence-electron chi connectivity index (χ3n) is 4.36. The van der Waals surface area contributed by atoms with Gasteiger partial charge < -0.3 is 10.2 Å². The number of rotatable bonds is 10. The number of hydrogen-bond donors (Lipinski definition) is 1. The highest BCUT2D eigenvalue weighted by atomic mass is 32.1. The Morgan fingerprint density at radius 2 is 1.70 bits per heavy atom. The molecule has 1 aromatic heterocycles. The van der Waals surface area contributed by atoms with Crippen molar-refractivity contribution >= 4 is 28.9 Å². The average Bonchev–Trinajstić information content (AvgIpc) is 3.22. The molecule has 0 unspecified atom stereocenters. The summed E-state index contributed by atoms with van der Waals surface area (Å²) in [4.78, 5) is 39.7. The lowest BCUT2D eigenvalue weighted by molar-refractivity contribution is -0.136. The van der Waals surface area contributed by atoms with Gasteiger partial charge in [-0.2, -0.15) is 0 Å². The van der Waals surface area contributed by atoms with E-state index in [2.05, 4.69) is 5.32 Å². The Bertz CT molecular complexity index is 740. The zero-order valence-electron chi connectivity index (χ0n) is 15.8. The van der Waals surface area contributed by atoms with Crippen molar-refractivity contribution < 1.29 is 14.4 Å². The molecule has 0 bridgehead atoms. The Kier molecular flexibility index (Phi) is 8.20. The summed E-state index contributed by atoms with van der Waals surface area (Å²) in [6.07, 6.45) is 1.00. The van der Waals surface area contributed by atoms with Crippen LogP contribution in [0, 0.1) is 0 Å². The van der Waals surface area contributed by atoms with E-state index in [1.807, 2.05) is 55.6 Å². The molecule has 6 heteroatoms. The average molecular weight is 387 g/mol. The number of likely N-dealkylation sites (N-methyl/N-ethyl adjacent to an activating group) is 1. The van der Waals surface area contributed by atoms with Gasteiger partial charge in [0.15, 0.2) is 5.78 Å². The molecule has 1 atom stereocenters. The van der Waals surface area contributed by atoms with Crippen molar-refractivity contribution in [1.29, 1.82) is 0 Å². The van der Waals surface area contributed by atoms with Crippen LogP contribution in [0.5, 0.6) is 0 Å². The molecular formula is C21H26N2O3S. The first-order valence-electron chi connectivity index (χ1n) is 9.26. The topological polar surface area (TPSA) is 66.5 Å². The number of ketones is 1. The molecule has 1 heterocycles. The highest BCUT2D eigenvalue weighted by Gasteiger charge is 2.26. The molecule has 1 N–H and O–H groups in total. The summed E-state index contributed by atoms with van der Waals surface area (Å²) in [6.45, 7) is 5.01. The summed E-state index contributed by atoms with van der Waals surface area (Å²) >= 11 is 1.41. The molecule has 0 saturated carbocycles. The molecule has 0 aliphatic heterocycles. The molecule has 27 heavy (non-hydrogen) atoms. The third-order valence-corrected chi connectivity index (χ3v) is 5.27. The molecule has 5 nitrogen and oxygen atoms in total. The van der Waals surface area contributed by atoms with E-state index >= 15 is 0 Å². The monoisotopic (exact) mass is 386 g/mol. The number of Topliss-reactive ketones (excluding diaryl/α,β-unsaturated/α-hetero) is 1. The van der Waals surface area contributed by atoms with Gasteiger partial charge >= 0.3 is 0 Å². The fraction of sp³-hybridized carbons (Fsp3) is 0.381. The van der Waals surface area contributed by atoms with Crippen LogP contribution in [0.1, 0.15) is 54.4 Å². The molecule has 2 amide bonds. The van der Waals surface area contributed by atoms with Crippen LogP contribution in [0.4, 0.5) is 0 Å². The SMILES string of the molecule is CCN(CC)C(=O)[C@@H](NC(=O)CCCC(=O)c1cccs1)c1ccccc1. The van der Waals surface area contributed by atoms with Crippen molar-refractivity contribution in [3.05, 3.63) is 58.3 Å². The number of carbonyl (C=O) groups is 3. The van der Waals surface area contributed by atoms with Gasteiger partial charge in [0.05, 0.1) is 4.88 Å². The molecule has 0 saturated heterocycles. The van der Waals surface area contributed by atoms with Crippen molar-refractivity contribution in [2.45, 2.75) is 39.2 Å². The summed E-state index contributed by atoms with van der Waals surface area (Å²) in [7, 11) is 0. The fourth-order valence-corrected chi connectivity index (χ4v) is 3.55. The van der Waals surface area contributed by atoms with Gasteiger partial charge in [-0.1, -0.05) is 36.4 Å². The zero-order chi connectivity index (χ0) is 19.6. The lowest BCUT2D eigenvalue weighted by atomic mass is 10.0. The van der Waals surface area contributed by atoms with Crippen LogP contribution in [-0.2, 0) is 9.59 Å². The number of benzene rings is 1. The maximum Gasteiger partial charge on any atom is 0.249 e. The Morgan fingerprint density at radius 1 is 1.00 bits per heavy atom. The Hall–Kier alpha value is -2.47. The second-order valence-corrected chi connectivity index (χ2v) is 7.12. The highest BCUT2D eigenvalue weighted by Crippen LogP contribution is 2.17. The van der Waals surface area contributed by atoms with Crippen LogP contribution >= 0.6 is 11.3 Å². The highest BCUT2D eigenvalue weighted by molar-refractivity contribution is 7.12. The first-order chi connectivity index (χ1) is 13.1. The normalized spacial score (nSPS) is 11.6. The van der Waals surface area contributed by atoms with Crippen LogP contribution in [0.15, 0.2) is 47.8 Å². The Morgan fingerprint density at radius 3 is 2.30 bits per heavy atom. The van der Waals surface area contributed by atoms with Gasteiger partial charge in [0, 0.05) is 25.9 Å². The van der Waals surface area contributed by atoms with Crippen LogP contribution < -0.4 is 5.32 Å². The minimum Gasteiger partial charge on any atom is -0.341 e. The van der Waals surface area contributed by atoms with E-state index in [4.69, 9.17) is 0 Å². The van der Waals surface area contributed by atoms with Crippen LogP contribution in [-0.4, -0.2) is 35.6 Å². The molecule has 0 aliphatic rings. The molecule has 1 aromatic carbocycles. The summed E-state index contributed by atoms with van der Waals surface area (Å²) in [5, 5.41) is 4.72. The van der Waals surface area contributed by atoms with Gasteiger partial charge in [0.25, 0.3) is 0 Å². The van der Waals surface area contributed by atoms with Crippen molar-refractivity contribution in [3.8, 4) is 0 Å². The van der Waals surface area contributed by atoms with E-state index in [0.29, 0.717) is 30.8 Å². The Balaban J connectivity index is 1.96. The summed E-state index contributed by atoms with van der Waals surface area (Å²) in [5.41, 5.74) is 0.761. The molecule has 0 fully saturated rings. The van der Waals surface area contributed by atoms with Crippen molar-refractivity contribution in [3.63, 3.8) is 0 Å². The summed E-state index contributed by atoms with van der Waals surface area (Å²) in [6, 6.07) is 12.2. The quantitative estimate of drug-likeness (QED) is 0.631. The zero-order valence-corrected chi connectivity index (χ0v) is 16.6. The third kappa shape index (κ3) is 6.03. The standard InChI is InChI=1S/C21H26N2O3S/c1-3-23(4-2)21(26)20(16-10-6-5-7-11-16)22-19(25)14-8-12-17(24)18-13-9-15-27-18/h5-7,9-11,13,15,20H,3-4,8,12,14H2,1-2H3,(H,22,25)/t20-/m0/s1. The predicted octanol–water partition coefficient (Wildman–Crippen LogP) is 3.83. The minimum absolute atomic E-state index is 0.0524. The summed E-state index contributed by atoms with van der Waals surface area (Å²) in [5.74, 6) is -0.283. The number of hydrogen-bond acceptors (Lipinski definition) is 4. The van der Waals surface area contributed by atoms with Crippen molar-refractivity contribution in [2.75, 3.05) is 13.1 Å². The largest absolute Gasteiger partial charge is 0.341 e. The number of nitrogens with zero attached hydrogens (tertiary/aromatic N) is 1. The van der Waals surface area contributed by atoms with E-state index in [0.717, 1.165) is 5.56 Å². The van der Waals surface area contributed by atoms with Crippen LogP contribution in [0.2, 0.25) is 0 Å². The number of thiophene rings is 1. The van der Waals surface area contributed by atoms with E-state index in [-0.39, 0.29) is 24.0 Å². The number of carbonyl (C=O) groups excluding carboxylic acids is 3. The van der Waals surface area contributed by atoms with Gasteiger partial charge in [-0.05, 0) is 37.3 Å². The second-order valence-electron chi connectivity index (χ2n) is 6.18. The molecule has 2 aromatic rings. The van der Waals surface area contributed by atoms with Crippen molar-refractivity contribution in [2.24, 2.45) is 0 Å². The molecular weight excluding hydrogens is 360 g/mol. The smallest absolute Gasteiger partial charge is 0.249 e.